The highest BCUT2D eigenvalue weighted by Gasteiger charge is 2.20. The number of hydrogen-bond donors (Lipinski definition) is 1. The van der Waals surface area contributed by atoms with Crippen LogP contribution in [0.5, 0.6) is 0 Å². The summed E-state index contributed by atoms with van der Waals surface area (Å²) in [5.74, 6) is 1.91. The van der Waals surface area contributed by atoms with Crippen molar-refractivity contribution >= 4 is 5.95 Å². The Labute approximate surface area is 128 Å². The van der Waals surface area contributed by atoms with E-state index in [0.717, 1.165) is 18.4 Å². The molecule has 0 unspecified atom stereocenters. The molecule has 1 N–H and O–H groups in total. The quantitative estimate of drug-likeness (QED) is 0.900. The number of nitrogens with zero attached hydrogens (tertiary/aromatic N) is 3. The zero-order valence-electron chi connectivity index (χ0n) is 13.4. The van der Waals surface area contributed by atoms with Gasteiger partial charge in [-0.1, -0.05) is 26.2 Å². The van der Waals surface area contributed by atoms with Crippen LogP contribution in [0.15, 0.2) is 12.4 Å². The number of likely N-dealkylation sites (tertiary alicyclic amines) is 1. The van der Waals surface area contributed by atoms with Gasteiger partial charge in [-0.25, -0.2) is 4.98 Å². The van der Waals surface area contributed by atoms with Crippen LogP contribution in [0.3, 0.4) is 0 Å². The average molecular weight is 290 g/mol. The van der Waals surface area contributed by atoms with Gasteiger partial charge in [-0.2, -0.15) is 0 Å². The van der Waals surface area contributed by atoms with Crippen LogP contribution in [-0.2, 0) is 0 Å². The van der Waals surface area contributed by atoms with Crippen molar-refractivity contribution in [2.45, 2.75) is 57.9 Å². The molecule has 0 amide bonds. The van der Waals surface area contributed by atoms with Crippen molar-refractivity contribution in [2.24, 2.45) is 5.92 Å². The highest BCUT2D eigenvalue weighted by atomic mass is 15.2. The molecular formula is C17H30N4. The normalized spacial score (nSPS) is 22.5. The summed E-state index contributed by atoms with van der Waals surface area (Å²) in [6.07, 6.45) is 13.6. The second kappa shape index (κ2) is 7.30. The molecule has 0 radical (unpaired) electrons. The molecule has 0 aromatic carbocycles. The Balaban J connectivity index is 1.50. The predicted molar refractivity (Wildman–Crippen MR) is 87.7 cm³/mol. The summed E-state index contributed by atoms with van der Waals surface area (Å²) in [5.41, 5.74) is 0. The van der Waals surface area contributed by atoms with Crippen LogP contribution in [-0.4, -0.2) is 40.6 Å². The molecule has 1 aliphatic carbocycles. The van der Waals surface area contributed by atoms with E-state index < -0.39 is 0 Å². The van der Waals surface area contributed by atoms with E-state index >= 15 is 0 Å². The fourth-order valence-electron chi connectivity index (χ4n) is 3.85. The van der Waals surface area contributed by atoms with Gasteiger partial charge in [-0.05, 0) is 51.2 Å². The minimum atomic E-state index is 0.672. The molecular weight excluding hydrogens is 260 g/mol. The first-order chi connectivity index (χ1) is 10.4. The highest BCUT2D eigenvalue weighted by Crippen LogP contribution is 2.30. The summed E-state index contributed by atoms with van der Waals surface area (Å²) in [7, 11) is 0. The van der Waals surface area contributed by atoms with Crippen molar-refractivity contribution in [3.63, 3.8) is 0 Å². The molecule has 1 saturated carbocycles. The molecule has 21 heavy (non-hydrogen) atoms. The van der Waals surface area contributed by atoms with Gasteiger partial charge in [-0.3, -0.25) is 0 Å². The summed E-state index contributed by atoms with van der Waals surface area (Å²) < 4.78 is 2.39. The Morgan fingerprint density at radius 3 is 2.62 bits per heavy atom. The van der Waals surface area contributed by atoms with Gasteiger partial charge in [0.05, 0.1) is 0 Å². The Kier molecular flexibility index (Phi) is 5.17. The number of rotatable bonds is 5. The van der Waals surface area contributed by atoms with E-state index in [4.69, 9.17) is 0 Å². The average Bonchev–Trinajstić information content (AvgIpc) is 3.03. The Hall–Kier alpha value is -1.03. The molecule has 118 valence electrons. The Morgan fingerprint density at radius 1 is 1.14 bits per heavy atom. The van der Waals surface area contributed by atoms with Crippen molar-refractivity contribution in [2.75, 3.05) is 31.5 Å². The van der Waals surface area contributed by atoms with Crippen LogP contribution < -0.4 is 5.32 Å². The predicted octanol–water partition coefficient (Wildman–Crippen LogP) is 3.53. The SMILES string of the molecule is CCN1CCC(CNc2nccn2C2CCCCC2)CC1. The van der Waals surface area contributed by atoms with Crippen molar-refractivity contribution in [3.05, 3.63) is 12.4 Å². The van der Waals surface area contributed by atoms with Crippen LogP contribution in [0.2, 0.25) is 0 Å². The first-order valence-electron chi connectivity index (χ1n) is 8.86. The first kappa shape index (κ1) is 14.9. The third kappa shape index (κ3) is 3.79. The van der Waals surface area contributed by atoms with E-state index in [1.807, 2.05) is 6.20 Å². The lowest BCUT2D eigenvalue weighted by Crippen LogP contribution is -2.35. The van der Waals surface area contributed by atoms with Gasteiger partial charge in [0.25, 0.3) is 0 Å². The van der Waals surface area contributed by atoms with Gasteiger partial charge < -0.3 is 14.8 Å². The largest absolute Gasteiger partial charge is 0.355 e. The number of piperidine rings is 1. The number of imidazole rings is 1. The molecule has 4 nitrogen and oxygen atoms in total. The Bertz CT molecular complexity index is 414. The number of hydrogen-bond acceptors (Lipinski definition) is 3. The van der Waals surface area contributed by atoms with E-state index in [2.05, 4.69) is 32.9 Å². The summed E-state index contributed by atoms with van der Waals surface area (Å²) in [5, 5.41) is 3.63. The molecule has 0 spiro atoms. The van der Waals surface area contributed by atoms with E-state index in [1.54, 1.807) is 0 Å². The zero-order valence-corrected chi connectivity index (χ0v) is 13.4. The molecule has 0 bridgehead atoms. The van der Waals surface area contributed by atoms with Crippen molar-refractivity contribution in [1.82, 2.24) is 14.5 Å². The van der Waals surface area contributed by atoms with Gasteiger partial charge in [0.15, 0.2) is 0 Å². The number of aromatic nitrogens is 2. The lowest BCUT2D eigenvalue weighted by molar-refractivity contribution is 0.198. The smallest absolute Gasteiger partial charge is 0.203 e. The molecule has 1 aromatic heterocycles. The fraction of sp³-hybridized carbons (Fsp3) is 0.824. The fourth-order valence-corrected chi connectivity index (χ4v) is 3.85. The maximum atomic E-state index is 4.55. The van der Waals surface area contributed by atoms with Gasteiger partial charge in [-0.15, -0.1) is 0 Å². The summed E-state index contributed by atoms with van der Waals surface area (Å²) in [6, 6.07) is 0.672. The molecule has 3 rings (SSSR count). The van der Waals surface area contributed by atoms with Crippen molar-refractivity contribution in [1.29, 1.82) is 0 Å². The third-order valence-corrected chi connectivity index (χ3v) is 5.34. The topological polar surface area (TPSA) is 33.1 Å². The van der Waals surface area contributed by atoms with Gasteiger partial charge >= 0.3 is 0 Å². The first-order valence-corrected chi connectivity index (χ1v) is 8.86. The van der Waals surface area contributed by atoms with Crippen molar-refractivity contribution < 1.29 is 0 Å². The van der Waals surface area contributed by atoms with Crippen LogP contribution >= 0.6 is 0 Å². The number of anilines is 1. The standard InChI is InChI=1S/C17H30N4/c1-2-20-11-8-15(9-12-20)14-19-17-18-10-13-21(17)16-6-4-3-5-7-16/h10,13,15-16H,2-9,11-12,14H2,1H3,(H,18,19). The minimum Gasteiger partial charge on any atom is -0.355 e. The second-order valence-corrected chi connectivity index (χ2v) is 6.71. The molecule has 0 atom stereocenters. The summed E-state index contributed by atoms with van der Waals surface area (Å²) in [4.78, 5) is 7.10. The summed E-state index contributed by atoms with van der Waals surface area (Å²) >= 11 is 0. The molecule has 1 aromatic rings. The van der Waals surface area contributed by atoms with Crippen LogP contribution in [0.4, 0.5) is 5.95 Å². The lowest BCUT2D eigenvalue weighted by Gasteiger charge is -2.31. The lowest BCUT2D eigenvalue weighted by atomic mass is 9.95. The maximum absolute atomic E-state index is 4.55. The third-order valence-electron chi connectivity index (χ3n) is 5.34. The highest BCUT2D eigenvalue weighted by molar-refractivity contribution is 5.27. The van der Waals surface area contributed by atoms with E-state index in [9.17, 15) is 0 Å². The molecule has 2 aliphatic rings. The molecule has 4 heteroatoms. The summed E-state index contributed by atoms with van der Waals surface area (Å²) in [6.45, 7) is 7.08. The molecule has 2 fully saturated rings. The van der Waals surface area contributed by atoms with E-state index in [-0.39, 0.29) is 0 Å². The minimum absolute atomic E-state index is 0.672. The van der Waals surface area contributed by atoms with Gasteiger partial charge in [0.2, 0.25) is 5.95 Å². The monoisotopic (exact) mass is 290 g/mol. The van der Waals surface area contributed by atoms with Crippen LogP contribution in [0.25, 0.3) is 0 Å². The zero-order chi connectivity index (χ0) is 14.5. The van der Waals surface area contributed by atoms with Crippen molar-refractivity contribution in [3.8, 4) is 0 Å². The van der Waals surface area contributed by atoms with Crippen LogP contribution in [0.1, 0.15) is 57.9 Å². The van der Waals surface area contributed by atoms with E-state index in [1.165, 1.54) is 64.6 Å². The number of nitrogens with one attached hydrogen (secondary N) is 1. The van der Waals surface area contributed by atoms with E-state index in [0.29, 0.717) is 6.04 Å². The molecule has 1 aliphatic heterocycles. The molecule has 1 saturated heterocycles. The van der Waals surface area contributed by atoms with Crippen LogP contribution in [0, 0.1) is 5.92 Å². The van der Waals surface area contributed by atoms with Gasteiger partial charge in [0, 0.05) is 25.0 Å². The Morgan fingerprint density at radius 2 is 1.90 bits per heavy atom. The molecule has 2 heterocycles. The maximum Gasteiger partial charge on any atom is 0.203 e. The van der Waals surface area contributed by atoms with Gasteiger partial charge in [0.1, 0.15) is 0 Å². The second-order valence-electron chi connectivity index (χ2n) is 6.71.